The Kier molecular flexibility index (Phi) is 5.68. The molecule has 1 aliphatic carbocycles. The molecule has 2 atom stereocenters. The fourth-order valence-electron chi connectivity index (χ4n) is 3.20. The maximum Gasteiger partial charge on any atom is 0.238 e. The maximum atomic E-state index is 12.5. The lowest BCUT2D eigenvalue weighted by Gasteiger charge is -2.36. The van der Waals surface area contributed by atoms with E-state index in [1.165, 1.54) is 25.7 Å². The lowest BCUT2D eigenvalue weighted by atomic mass is 9.85. The van der Waals surface area contributed by atoms with Gasteiger partial charge in [0.15, 0.2) is 9.84 Å². The van der Waals surface area contributed by atoms with Gasteiger partial charge in [-0.25, -0.2) is 8.42 Å². The van der Waals surface area contributed by atoms with Crippen molar-refractivity contribution < 1.29 is 17.9 Å². The predicted molar refractivity (Wildman–Crippen MR) is 89.2 cm³/mol. The lowest BCUT2D eigenvalue weighted by Crippen LogP contribution is -2.44. The molecular formula is C17H25NO4S. The minimum Gasteiger partial charge on any atom is -0.497 e. The highest BCUT2D eigenvalue weighted by Gasteiger charge is 2.30. The quantitative estimate of drug-likeness (QED) is 0.827. The summed E-state index contributed by atoms with van der Waals surface area (Å²) in [6, 6.07) is 6.37. The van der Waals surface area contributed by atoms with Crippen molar-refractivity contribution in [1.29, 1.82) is 0 Å². The highest BCUT2D eigenvalue weighted by atomic mass is 32.2. The van der Waals surface area contributed by atoms with Crippen LogP contribution in [0.5, 0.6) is 5.75 Å². The van der Waals surface area contributed by atoms with Crippen LogP contribution in [0.2, 0.25) is 0 Å². The summed E-state index contributed by atoms with van der Waals surface area (Å²) in [5.74, 6) is 0.0384. The van der Waals surface area contributed by atoms with Crippen LogP contribution < -0.4 is 4.74 Å². The Morgan fingerprint density at radius 1 is 1.30 bits per heavy atom. The van der Waals surface area contributed by atoms with E-state index in [2.05, 4.69) is 6.92 Å². The second-order valence-corrected chi connectivity index (χ2v) is 8.26. The number of hydrogen-bond acceptors (Lipinski definition) is 4. The molecule has 6 heteroatoms. The van der Waals surface area contributed by atoms with Gasteiger partial charge >= 0.3 is 0 Å². The first-order valence-corrected chi connectivity index (χ1v) is 9.63. The van der Waals surface area contributed by atoms with Crippen LogP contribution in [-0.2, 0) is 14.6 Å². The molecule has 128 valence electrons. The van der Waals surface area contributed by atoms with Crippen molar-refractivity contribution in [1.82, 2.24) is 4.90 Å². The van der Waals surface area contributed by atoms with E-state index in [4.69, 9.17) is 4.74 Å². The summed E-state index contributed by atoms with van der Waals surface area (Å²) in [7, 11) is -0.465. The summed E-state index contributed by atoms with van der Waals surface area (Å²) < 4.78 is 30.0. The zero-order valence-corrected chi connectivity index (χ0v) is 14.8. The molecule has 1 aromatic rings. The second-order valence-electron chi connectivity index (χ2n) is 6.27. The lowest BCUT2D eigenvalue weighted by molar-refractivity contribution is -0.130. The van der Waals surface area contributed by atoms with E-state index in [-0.39, 0.29) is 16.8 Å². The number of nitrogens with zero attached hydrogens (tertiary/aromatic N) is 1. The molecule has 5 nitrogen and oxygen atoms in total. The number of methoxy groups -OCH3 is 1. The van der Waals surface area contributed by atoms with Crippen molar-refractivity contribution in [2.75, 3.05) is 19.9 Å². The van der Waals surface area contributed by atoms with Crippen LogP contribution in [0.3, 0.4) is 0 Å². The molecule has 0 aliphatic heterocycles. The smallest absolute Gasteiger partial charge is 0.238 e. The molecule has 23 heavy (non-hydrogen) atoms. The number of rotatable bonds is 5. The summed E-state index contributed by atoms with van der Waals surface area (Å²) in [4.78, 5) is 14.2. The molecule has 0 heterocycles. The standard InChI is InChI=1S/C17H25NO4S/c1-13-7-4-5-10-16(13)18(2)17(19)12-23(20,21)15-9-6-8-14(11-15)22-3/h6,8-9,11,13,16H,4-5,7,10,12H2,1-3H3. The van der Waals surface area contributed by atoms with Gasteiger partial charge in [0.2, 0.25) is 5.91 Å². The van der Waals surface area contributed by atoms with Gasteiger partial charge in [-0.05, 0) is 37.0 Å². The van der Waals surface area contributed by atoms with E-state index in [1.807, 2.05) is 0 Å². The predicted octanol–water partition coefficient (Wildman–Crippen LogP) is 2.51. The molecule has 1 fully saturated rings. The fourth-order valence-corrected chi connectivity index (χ4v) is 4.48. The summed E-state index contributed by atoms with van der Waals surface area (Å²) >= 11 is 0. The van der Waals surface area contributed by atoms with Gasteiger partial charge in [0, 0.05) is 13.1 Å². The molecule has 0 N–H and O–H groups in total. The average molecular weight is 339 g/mol. The maximum absolute atomic E-state index is 12.5. The van der Waals surface area contributed by atoms with Crippen LogP contribution in [0.1, 0.15) is 32.6 Å². The highest BCUT2D eigenvalue weighted by molar-refractivity contribution is 7.92. The van der Waals surface area contributed by atoms with Gasteiger partial charge in [0.05, 0.1) is 12.0 Å². The molecule has 1 aliphatic rings. The fraction of sp³-hybridized carbons (Fsp3) is 0.588. The molecule has 1 aromatic carbocycles. The van der Waals surface area contributed by atoms with E-state index in [9.17, 15) is 13.2 Å². The van der Waals surface area contributed by atoms with Crippen molar-refractivity contribution in [3.63, 3.8) is 0 Å². The third-order valence-electron chi connectivity index (χ3n) is 4.67. The largest absolute Gasteiger partial charge is 0.497 e. The van der Waals surface area contributed by atoms with Gasteiger partial charge in [0.1, 0.15) is 11.5 Å². The molecule has 0 spiro atoms. The molecule has 0 aromatic heterocycles. The first-order valence-electron chi connectivity index (χ1n) is 7.97. The third-order valence-corrected chi connectivity index (χ3v) is 6.27. The molecule has 0 saturated heterocycles. The first-order chi connectivity index (χ1) is 10.8. The average Bonchev–Trinajstić information content (AvgIpc) is 2.54. The van der Waals surface area contributed by atoms with Crippen LogP contribution in [-0.4, -0.2) is 45.2 Å². The number of benzene rings is 1. The van der Waals surface area contributed by atoms with Crippen molar-refractivity contribution in [2.24, 2.45) is 5.92 Å². The second kappa shape index (κ2) is 7.34. The van der Waals surface area contributed by atoms with E-state index < -0.39 is 15.6 Å². The molecule has 2 unspecified atom stereocenters. The van der Waals surface area contributed by atoms with Gasteiger partial charge in [-0.2, -0.15) is 0 Å². The first kappa shape index (κ1) is 17.8. The molecule has 0 radical (unpaired) electrons. The third kappa shape index (κ3) is 4.25. The Labute approximate surface area is 138 Å². The molecule has 2 rings (SSSR count). The molecule has 1 amide bonds. The molecular weight excluding hydrogens is 314 g/mol. The summed E-state index contributed by atoms with van der Waals surface area (Å²) in [5, 5.41) is 0. The summed E-state index contributed by atoms with van der Waals surface area (Å²) in [6.07, 6.45) is 4.31. The molecule has 1 saturated carbocycles. The van der Waals surface area contributed by atoms with Crippen molar-refractivity contribution >= 4 is 15.7 Å². The Balaban J connectivity index is 2.11. The SMILES string of the molecule is COc1cccc(S(=O)(=O)CC(=O)N(C)C2CCCCC2C)c1. The Hall–Kier alpha value is -1.56. The highest BCUT2D eigenvalue weighted by Crippen LogP contribution is 2.28. The monoisotopic (exact) mass is 339 g/mol. The summed E-state index contributed by atoms with van der Waals surface area (Å²) in [5.41, 5.74) is 0. The van der Waals surface area contributed by atoms with Crippen molar-refractivity contribution in [2.45, 2.75) is 43.5 Å². The number of carbonyl (C=O) groups excluding carboxylic acids is 1. The van der Waals surface area contributed by atoms with E-state index in [0.29, 0.717) is 11.7 Å². The van der Waals surface area contributed by atoms with E-state index >= 15 is 0 Å². The van der Waals surface area contributed by atoms with Gasteiger partial charge < -0.3 is 9.64 Å². The van der Waals surface area contributed by atoms with Crippen LogP contribution in [0, 0.1) is 5.92 Å². The zero-order chi connectivity index (χ0) is 17.0. The zero-order valence-electron chi connectivity index (χ0n) is 14.0. The van der Waals surface area contributed by atoms with Crippen LogP contribution in [0.4, 0.5) is 0 Å². The number of sulfone groups is 1. The Bertz CT molecular complexity index is 656. The van der Waals surface area contributed by atoms with Gasteiger partial charge in [-0.3, -0.25) is 4.79 Å². The topological polar surface area (TPSA) is 63.7 Å². The van der Waals surface area contributed by atoms with E-state index in [1.54, 1.807) is 24.1 Å². The number of amides is 1. The van der Waals surface area contributed by atoms with Crippen LogP contribution in [0.15, 0.2) is 29.2 Å². The van der Waals surface area contributed by atoms with E-state index in [0.717, 1.165) is 19.3 Å². The van der Waals surface area contributed by atoms with Crippen molar-refractivity contribution in [3.05, 3.63) is 24.3 Å². The van der Waals surface area contributed by atoms with Crippen molar-refractivity contribution in [3.8, 4) is 5.75 Å². The number of carbonyl (C=O) groups is 1. The minimum atomic E-state index is -3.66. The Morgan fingerprint density at radius 2 is 2.00 bits per heavy atom. The summed E-state index contributed by atoms with van der Waals surface area (Å²) in [6.45, 7) is 2.13. The van der Waals surface area contributed by atoms with Gasteiger partial charge in [-0.15, -0.1) is 0 Å². The normalized spacial score (nSPS) is 21.7. The Morgan fingerprint density at radius 3 is 2.65 bits per heavy atom. The van der Waals surface area contributed by atoms with Gasteiger partial charge in [-0.1, -0.05) is 25.8 Å². The minimum absolute atomic E-state index is 0.121. The van der Waals surface area contributed by atoms with Crippen LogP contribution in [0.25, 0.3) is 0 Å². The van der Waals surface area contributed by atoms with Gasteiger partial charge in [0.25, 0.3) is 0 Å². The number of hydrogen-bond donors (Lipinski definition) is 0. The number of ether oxygens (including phenoxy) is 1. The molecule has 0 bridgehead atoms. The van der Waals surface area contributed by atoms with Crippen LogP contribution >= 0.6 is 0 Å².